The van der Waals surface area contributed by atoms with Gasteiger partial charge < -0.3 is 5.73 Å². The van der Waals surface area contributed by atoms with E-state index in [-0.39, 0.29) is 17.7 Å². The quantitative estimate of drug-likeness (QED) is 0.670. The van der Waals surface area contributed by atoms with E-state index >= 15 is 0 Å². The Kier molecular flexibility index (Phi) is 1.53. The Balaban J connectivity index is 2.11. The van der Waals surface area contributed by atoms with Crippen LogP contribution in [0.4, 0.5) is 0 Å². The highest BCUT2D eigenvalue weighted by Gasteiger charge is 2.43. The summed E-state index contributed by atoms with van der Waals surface area (Å²) < 4.78 is 0. The summed E-state index contributed by atoms with van der Waals surface area (Å²) in [5.41, 5.74) is 6.01. The van der Waals surface area contributed by atoms with E-state index in [1.165, 1.54) is 0 Å². The van der Waals surface area contributed by atoms with E-state index in [2.05, 4.69) is 9.97 Å². The van der Waals surface area contributed by atoms with Crippen LogP contribution in [0.3, 0.4) is 0 Å². The number of hydrogen-bond acceptors (Lipinski definition) is 3. The van der Waals surface area contributed by atoms with Crippen molar-refractivity contribution in [2.45, 2.75) is 12.3 Å². The van der Waals surface area contributed by atoms with E-state index in [1.807, 2.05) is 0 Å². The lowest BCUT2D eigenvalue weighted by Gasteiger charge is -1.94. The molecule has 2 rings (SSSR count). The van der Waals surface area contributed by atoms with Gasteiger partial charge in [0.2, 0.25) is 5.91 Å². The van der Waals surface area contributed by atoms with Crippen molar-refractivity contribution in [3.05, 3.63) is 24.3 Å². The predicted octanol–water partition coefficient (Wildman–Crippen LogP) is 0.0654. The third-order valence-electron chi connectivity index (χ3n) is 2.12. The fourth-order valence-corrected chi connectivity index (χ4v) is 1.34. The first-order valence-corrected chi connectivity index (χ1v) is 3.84. The number of carbonyl (C=O) groups excluding carboxylic acids is 1. The summed E-state index contributed by atoms with van der Waals surface area (Å²) in [6, 6.07) is 0. The van der Waals surface area contributed by atoms with Crippen molar-refractivity contribution in [3.8, 4) is 0 Å². The highest BCUT2D eigenvalue weighted by Crippen LogP contribution is 2.45. The molecule has 1 fully saturated rings. The number of nitrogens with zero attached hydrogens (tertiary/aromatic N) is 2. The van der Waals surface area contributed by atoms with Gasteiger partial charge in [-0.1, -0.05) is 0 Å². The molecule has 0 aromatic carbocycles. The molecule has 0 spiro atoms. The fourth-order valence-electron chi connectivity index (χ4n) is 1.34. The molecule has 0 saturated heterocycles. The Morgan fingerprint density at radius 3 is 2.92 bits per heavy atom. The van der Waals surface area contributed by atoms with E-state index in [1.54, 1.807) is 18.6 Å². The summed E-state index contributed by atoms with van der Waals surface area (Å²) in [4.78, 5) is 18.7. The van der Waals surface area contributed by atoms with Gasteiger partial charge in [-0.25, -0.2) is 0 Å². The lowest BCUT2D eigenvalue weighted by atomic mass is 10.2. The summed E-state index contributed by atoms with van der Waals surface area (Å²) in [6.45, 7) is 0. The van der Waals surface area contributed by atoms with Crippen LogP contribution < -0.4 is 5.73 Å². The Bertz CT molecular complexity index is 298. The third-order valence-corrected chi connectivity index (χ3v) is 2.12. The van der Waals surface area contributed by atoms with Gasteiger partial charge >= 0.3 is 0 Å². The number of rotatable bonds is 2. The van der Waals surface area contributed by atoms with Crippen LogP contribution in [0.2, 0.25) is 0 Å². The summed E-state index contributed by atoms with van der Waals surface area (Å²) >= 11 is 0. The minimum Gasteiger partial charge on any atom is -0.369 e. The van der Waals surface area contributed by atoms with Crippen LogP contribution in [0.15, 0.2) is 18.6 Å². The second-order valence-electron chi connectivity index (χ2n) is 2.98. The number of nitrogens with two attached hydrogens (primary N) is 1. The first kappa shape index (κ1) is 7.21. The lowest BCUT2D eigenvalue weighted by Crippen LogP contribution is -2.13. The van der Waals surface area contributed by atoms with Crippen LogP contribution in [-0.2, 0) is 4.79 Å². The second kappa shape index (κ2) is 2.55. The Morgan fingerprint density at radius 2 is 2.42 bits per heavy atom. The molecule has 4 heteroatoms. The molecule has 1 aromatic heterocycles. The Hall–Kier alpha value is -1.45. The topological polar surface area (TPSA) is 68.9 Å². The number of primary amides is 1. The fraction of sp³-hybridized carbons (Fsp3) is 0.375. The van der Waals surface area contributed by atoms with Crippen LogP contribution in [0, 0.1) is 5.92 Å². The zero-order valence-electron chi connectivity index (χ0n) is 6.47. The minimum absolute atomic E-state index is 0.0123. The van der Waals surface area contributed by atoms with E-state index in [0.717, 1.165) is 12.1 Å². The largest absolute Gasteiger partial charge is 0.369 e. The molecule has 12 heavy (non-hydrogen) atoms. The molecule has 1 aliphatic rings. The van der Waals surface area contributed by atoms with Gasteiger partial charge in [-0.05, 0) is 6.42 Å². The normalized spacial score (nSPS) is 26.7. The molecule has 1 saturated carbocycles. The van der Waals surface area contributed by atoms with Crippen LogP contribution in [-0.4, -0.2) is 15.9 Å². The highest BCUT2D eigenvalue weighted by atomic mass is 16.1. The van der Waals surface area contributed by atoms with Gasteiger partial charge in [-0.2, -0.15) is 0 Å². The van der Waals surface area contributed by atoms with E-state index in [9.17, 15) is 4.79 Å². The zero-order chi connectivity index (χ0) is 8.55. The van der Waals surface area contributed by atoms with Gasteiger partial charge in [0, 0.05) is 30.4 Å². The van der Waals surface area contributed by atoms with Crippen molar-refractivity contribution in [3.63, 3.8) is 0 Å². The Labute approximate surface area is 69.8 Å². The maximum atomic E-state index is 10.7. The standard InChI is InChI=1S/C8H9N3O/c9-8(12)6-3-5(6)7-4-10-1-2-11-7/h1-2,4-6H,3H2,(H2,9,12). The lowest BCUT2D eigenvalue weighted by molar-refractivity contribution is -0.119. The molecule has 0 radical (unpaired) electrons. The monoisotopic (exact) mass is 163 g/mol. The third kappa shape index (κ3) is 1.15. The average Bonchev–Trinajstić information content (AvgIpc) is 2.84. The first-order valence-electron chi connectivity index (χ1n) is 3.84. The molecular weight excluding hydrogens is 154 g/mol. The molecular formula is C8H9N3O. The predicted molar refractivity (Wildman–Crippen MR) is 42.1 cm³/mol. The number of amides is 1. The summed E-state index contributed by atoms with van der Waals surface area (Å²) in [7, 11) is 0. The van der Waals surface area contributed by atoms with E-state index < -0.39 is 0 Å². The molecule has 1 heterocycles. The maximum Gasteiger partial charge on any atom is 0.221 e. The van der Waals surface area contributed by atoms with Crippen molar-refractivity contribution < 1.29 is 4.79 Å². The molecule has 2 N–H and O–H groups in total. The number of aromatic nitrogens is 2. The molecule has 1 aromatic rings. The molecule has 1 aliphatic carbocycles. The number of carbonyl (C=O) groups is 1. The van der Waals surface area contributed by atoms with Crippen molar-refractivity contribution in [2.75, 3.05) is 0 Å². The van der Waals surface area contributed by atoms with Crippen molar-refractivity contribution in [1.82, 2.24) is 9.97 Å². The zero-order valence-corrected chi connectivity index (χ0v) is 6.47. The SMILES string of the molecule is NC(=O)C1CC1c1cnccn1. The molecule has 0 bridgehead atoms. The smallest absolute Gasteiger partial charge is 0.221 e. The maximum absolute atomic E-state index is 10.7. The van der Waals surface area contributed by atoms with Crippen molar-refractivity contribution >= 4 is 5.91 Å². The van der Waals surface area contributed by atoms with Crippen LogP contribution in [0.5, 0.6) is 0 Å². The average molecular weight is 163 g/mol. The molecule has 62 valence electrons. The minimum atomic E-state index is -0.231. The molecule has 2 atom stereocenters. The summed E-state index contributed by atoms with van der Waals surface area (Å²) in [5, 5.41) is 0. The van der Waals surface area contributed by atoms with E-state index in [4.69, 9.17) is 5.73 Å². The molecule has 4 nitrogen and oxygen atoms in total. The second-order valence-corrected chi connectivity index (χ2v) is 2.98. The van der Waals surface area contributed by atoms with E-state index in [0.29, 0.717) is 0 Å². The number of hydrogen-bond donors (Lipinski definition) is 1. The molecule has 0 aliphatic heterocycles. The van der Waals surface area contributed by atoms with Gasteiger partial charge in [0.1, 0.15) is 0 Å². The highest BCUT2D eigenvalue weighted by molar-refractivity contribution is 5.80. The van der Waals surface area contributed by atoms with Crippen molar-refractivity contribution in [2.24, 2.45) is 11.7 Å². The summed E-state index contributed by atoms with van der Waals surface area (Å²) in [6.07, 6.45) is 5.76. The first-order chi connectivity index (χ1) is 5.79. The van der Waals surface area contributed by atoms with Crippen molar-refractivity contribution in [1.29, 1.82) is 0 Å². The van der Waals surface area contributed by atoms with Gasteiger partial charge in [-0.15, -0.1) is 0 Å². The van der Waals surface area contributed by atoms with Crippen LogP contribution in [0.25, 0.3) is 0 Å². The van der Waals surface area contributed by atoms with Gasteiger partial charge in [0.15, 0.2) is 0 Å². The van der Waals surface area contributed by atoms with Crippen LogP contribution >= 0.6 is 0 Å². The van der Waals surface area contributed by atoms with Gasteiger partial charge in [0.25, 0.3) is 0 Å². The van der Waals surface area contributed by atoms with Crippen LogP contribution in [0.1, 0.15) is 18.0 Å². The molecule has 2 unspecified atom stereocenters. The van der Waals surface area contributed by atoms with Gasteiger partial charge in [-0.3, -0.25) is 14.8 Å². The summed E-state index contributed by atoms with van der Waals surface area (Å²) in [5.74, 6) is -0.0245. The molecule has 1 amide bonds. The van der Waals surface area contributed by atoms with Gasteiger partial charge in [0.05, 0.1) is 5.69 Å². The Morgan fingerprint density at radius 1 is 1.58 bits per heavy atom.